The van der Waals surface area contributed by atoms with Crippen LogP contribution in [0.1, 0.15) is 36.1 Å². The highest BCUT2D eigenvalue weighted by Crippen LogP contribution is 2.14. The molecule has 0 aliphatic rings. The standard InChI is InChI=1S/C13H18N4S/c1-8(2)4-10-5-11(14)17-12(16-10)6-13-15-9(3)7-18-13/h5,7-8H,4,6H2,1-3H3,(H2,14,16,17). The van der Waals surface area contributed by atoms with Crippen LogP contribution in [-0.2, 0) is 12.8 Å². The van der Waals surface area contributed by atoms with E-state index >= 15 is 0 Å². The van der Waals surface area contributed by atoms with Crippen molar-refractivity contribution in [3.05, 3.63) is 33.7 Å². The van der Waals surface area contributed by atoms with Gasteiger partial charge >= 0.3 is 0 Å². The molecule has 0 bridgehead atoms. The van der Waals surface area contributed by atoms with Crippen LogP contribution in [-0.4, -0.2) is 15.0 Å². The Labute approximate surface area is 111 Å². The molecule has 0 saturated heterocycles. The van der Waals surface area contributed by atoms with Crippen LogP contribution in [0.2, 0.25) is 0 Å². The lowest BCUT2D eigenvalue weighted by Crippen LogP contribution is -2.06. The first-order valence-electron chi connectivity index (χ1n) is 6.06. The zero-order valence-electron chi connectivity index (χ0n) is 11.0. The van der Waals surface area contributed by atoms with Crippen LogP contribution in [0, 0.1) is 12.8 Å². The Balaban J connectivity index is 2.19. The van der Waals surface area contributed by atoms with E-state index in [-0.39, 0.29) is 0 Å². The third-order valence-corrected chi connectivity index (χ3v) is 3.41. The summed E-state index contributed by atoms with van der Waals surface area (Å²) in [4.78, 5) is 13.3. The maximum Gasteiger partial charge on any atom is 0.137 e. The van der Waals surface area contributed by atoms with Crippen LogP contribution in [0.4, 0.5) is 5.82 Å². The van der Waals surface area contributed by atoms with Gasteiger partial charge in [-0.1, -0.05) is 13.8 Å². The highest BCUT2D eigenvalue weighted by molar-refractivity contribution is 7.09. The van der Waals surface area contributed by atoms with E-state index in [0.29, 0.717) is 18.2 Å². The number of hydrogen-bond acceptors (Lipinski definition) is 5. The normalized spacial score (nSPS) is 11.1. The monoisotopic (exact) mass is 262 g/mol. The molecule has 5 heteroatoms. The Kier molecular flexibility index (Phi) is 3.91. The second kappa shape index (κ2) is 5.44. The maximum absolute atomic E-state index is 5.83. The SMILES string of the molecule is Cc1csc(Cc2nc(N)cc(CC(C)C)n2)n1. The zero-order chi connectivity index (χ0) is 13.1. The number of nitrogen functional groups attached to an aromatic ring is 1. The number of anilines is 1. The van der Waals surface area contributed by atoms with Crippen molar-refractivity contribution >= 4 is 17.2 Å². The summed E-state index contributed by atoms with van der Waals surface area (Å²) >= 11 is 1.64. The fourth-order valence-corrected chi connectivity index (χ4v) is 2.56. The van der Waals surface area contributed by atoms with Crippen molar-refractivity contribution in [2.45, 2.75) is 33.6 Å². The van der Waals surface area contributed by atoms with Crippen molar-refractivity contribution in [1.29, 1.82) is 0 Å². The van der Waals surface area contributed by atoms with Gasteiger partial charge in [-0.2, -0.15) is 0 Å². The zero-order valence-corrected chi connectivity index (χ0v) is 11.8. The first kappa shape index (κ1) is 13.0. The van der Waals surface area contributed by atoms with Gasteiger partial charge in [-0.15, -0.1) is 11.3 Å². The molecule has 0 unspecified atom stereocenters. The summed E-state index contributed by atoms with van der Waals surface area (Å²) in [5, 5.41) is 3.07. The highest BCUT2D eigenvalue weighted by Gasteiger charge is 2.07. The van der Waals surface area contributed by atoms with E-state index in [4.69, 9.17) is 5.73 Å². The molecule has 0 saturated carbocycles. The molecule has 0 amide bonds. The second-order valence-corrected chi connectivity index (χ2v) is 5.80. The minimum atomic E-state index is 0.545. The summed E-state index contributed by atoms with van der Waals surface area (Å²) < 4.78 is 0. The lowest BCUT2D eigenvalue weighted by Gasteiger charge is -2.07. The van der Waals surface area contributed by atoms with Crippen molar-refractivity contribution in [1.82, 2.24) is 15.0 Å². The number of aryl methyl sites for hydroxylation is 1. The molecule has 0 aliphatic carbocycles. The van der Waals surface area contributed by atoms with E-state index < -0.39 is 0 Å². The van der Waals surface area contributed by atoms with Gasteiger partial charge in [-0.05, 0) is 19.3 Å². The molecule has 4 nitrogen and oxygen atoms in total. The molecular formula is C13H18N4S. The minimum Gasteiger partial charge on any atom is -0.384 e. The van der Waals surface area contributed by atoms with E-state index in [1.165, 1.54) is 0 Å². The summed E-state index contributed by atoms with van der Waals surface area (Å²) in [5.41, 5.74) is 7.88. The van der Waals surface area contributed by atoms with Gasteiger partial charge in [0, 0.05) is 22.8 Å². The van der Waals surface area contributed by atoms with Crippen molar-refractivity contribution in [2.24, 2.45) is 5.92 Å². The van der Waals surface area contributed by atoms with Crippen LogP contribution >= 0.6 is 11.3 Å². The molecule has 0 aromatic carbocycles. The van der Waals surface area contributed by atoms with Gasteiger partial charge in [-0.25, -0.2) is 15.0 Å². The molecule has 0 radical (unpaired) electrons. The summed E-state index contributed by atoms with van der Waals surface area (Å²) in [6, 6.07) is 1.86. The lowest BCUT2D eigenvalue weighted by atomic mass is 10.1. The topological polar surface area (TPSA) is 64.7 Å². The predicted molar refractivity (Wildman–Crippen MR) is 74.6 cm³/mol. The molecule has 2 aromatic heterocycles. The molecule has 2 heterocycles. The van der Waals surface area contributed by atoms with Crippen LogP contribution < -0.4 is 5.73 Å². The number of hydrogen-bond donors (Lipinski definition) is 1. The minimum absolute atomic E-state index is 0.545. The number of nitrogens with two attached hydrogens (primary N) is 1. The first-order valence-corrected chi connectivity index (χ1v) is 6.94. The predicted octanol–water partition coefficient (Wildman–Crippen LogP) is 2.61. The van der Waals surface area contributed by atoms with Crippen molar-refractivity contribution in [3.63, 3.8) is 0 Å². The van der Waals surface area contributed by atoms with Crippen molar-refractivity contribution < 1.29 is 0 Å². The molecule has 2 N–H and O–H groups in total. The second-order valence-electron chi connectivity index (χ2n) is 4.86. The van der Waals surface area contributed by atoms with E-state index in [2.05, 4.69) is 28.8 Å². The smallest absolute Gasteiger partial charge is 0.137 e. The van der Waals surface area contributed by atoms with Gasteiger partial charge in [0.15, 0.2) is 0 Å². The molecular weight excluding hydrogens is 244 g/mol. The number of nitrogens with zero attached hydrogens (tertiary/aromatic N) is 3. The van der Waals surface area contributed by atoms with Gasteiger partial charge < -0.3 is 5.73 Å². The lowest BCUT2D eigenvalue weighted by molar-refractivity contribution is 0.631. The number of aromatic nitrogens is 3. The van der Waals surface area contributed by atoms with E-state index in [9.17, 15) is 0 Å². The quantitative estimate of drug-likeness (QED) is 0.920. The third-order valence-electron chi connectivity index (χ3n) is 2.44. The van der Waals surface area contributed by atoms with E-state index in [1.807, 2.05) is 18.4 Å². The Morgan fingerprint density at radius 1 is 1.28 bits per heavy atom. The third kappa shape index (κ3) is 3.50. The van der Waals surface area contributed by atoms with Gasteiger partial charge in [0.25, 0.3) is 0 Å². The average Bonchev–Trinajstić information content (AvgIpc) is 2.61. The van der Waals surface area contributed by atoms with Gasteiger partial charge in [-0.3, -0.25) is 0 Å². The van der Waals surface area contributed by atoms with Gasteiger partial charge in [0.1, 0.15) is 16.6 Å². The number of thiazole rings is 1. The average molecular weight is 262 g/mol. The molecule has 96 valence electrons. The van der Waals surface area contributed by atoms with Crippen LogP contribution in [0.3, 0.4) is 0 Å². The van der Waals surface area contributed by atoms with Crippen LogP contribution in [0.15, 0.2) is 11.4 Å². The molecule has 18 heavy (non-hydrogen) atoms. The molecule has 0 atom stereocenters. The van der Waals surface area contributed by atoms with E-state index in [1.54, 1.807) is 11.3 Å². The Bertz CT molecular complexity index is 534. The fourth-order valence-electron chi connectivity index (χ4n) is 1.80. The van der Waals surface area contributed by atoms with Crippen LogP contribution in [0.5, 0.6) is 0 Å². The van der Waals surface area contributed by atoms with Gasteiger partial charge in [0.05, 0.1) is 6.42 Å². The van der Waals surface area contributed by atoms with E-state index in [0.717, 1.165) is 28.6 Å². The summed E-state index contributed by atoms with van der Waals surface area (Å²) in [7, 11) is 0. The highest BCUT2D eigenvalue weighted by atomic mass is 32.1. The van der Waals surface area contributed by atoms with Crippen molar-refractivity contribution in [2.75, 3.05) is 5.73 Å². The summed E-state index contributed by atoms with van der Waals surface area (Å²) in [5.74, 6) is 1.87. The molecule has 2 aromatic rings. The number of rotatable bonds is 4. The molecule has 0 fully saturated rings. The fraction of sp³-hybridized carbons (Fsp3) is 0.462. The summed E-state index contributed by atoms with van der Waals surface area (Å²) in [6.07, 6.45) is 1.59. The maximum atomic E-state index is 5.83. The first-order chi connectivity index (χ1) is 8.52. The molecule has 0 aliphatic heterocycles. The summed E-state index contributed by atoms with van der Waals surface area (Å²) in [6.45, 7) is 6.33. The Hall–Kier alpha value is -1.49. The molecule has 2 rings (SSSR count). The van der Waals surface area contributed by atoms with Crippen molar-refractivity contribution in [3.8, 4) is 0 Å². The van der Waals surface area contributed by atoms with Gasteiger partial charge in [0.2, 0.25) is 0 Å². The van der Waals surface area contributed by atoms with Crippen LogP contribution in [0.25, 0.3) is 0 Å². The molecule has 0 spiro atoms. The largest absolute Gasteiger partial charge is 0.384 e. The Morgan fingerprint density at radius 3 is 2.67 bits per heavy atom. The Morgan fingerprint density at radius 2 is 2.06 bits per heavy atom.